The fourth-order valence-electron chi connectivity index (χ4n) is 1.27. The lowest BCUT2D eigenvalue weighted by atomic mass is 10.1. The first-order valence-electron chi connectivity index (χ1n) is 4.42. The van der Waals surface area contributed by atoms with E-state index in [0.29, 0.717) is 5.69 Å². The number of hydrogen-bond acceptors (Lipinski definition) is 2. The van der Waals surface area contributed by atoms with Gasteiger partial charge in [0.15, 0.2) is 0 Å². The van der Waals surface area contributed by atoms with Crippen LogP contribution in [0.1, 0.15) is 12.5 Å². The minimum absolute atomic E-state index is 0.178. The fourth-order valence-corrected chi connectivity index (χ4v) is 1.27. The molecule has 0 atom stereocenters. The van der Waals surface area contributed by atoms with E-state index < -0.39 is 5.82 Å². The van der Waals surface area contributed by atoms with Gasteiger partial charge >= 0.3 is 0 Å². The van der Waals surface area contributed by atoms with Crippen molar-refractivity contribution >= 4 is 11.5 Å². The van der Waals surface area contributed by atoms with Gasteiger partial charge in [-0.1, -0.05) is 6.07 Å². The molecule has 0 bridgehead atoms. The average Bonchev–Trinajstić information content (AvgIpc) is 2.15. The Morgan fingerprint density at radius 2 is 2.21 bits per heavy atom. The van der Waals surface area contributed by atoms with E-state index in [4.69, 9.17) is 11.1 Å². The SMILES string of the molecule is CCN(C)c1cccc(F)c1C(=N)N. The van der Waals surface area contributed by atoms with Crippen LogP contribution >= 0.6 is 0 Å². The van der Waals surface area contributed by atoms with E-state index >= 15 is 0 Å². The van der Waals surface area contributed by atoms with Crippen molar-refractivity contribution in [1.29, 1.82) is 5.41 Å². The molecule has 76 valence electrons. The van der Waals surface area contributed by atoms with Crippen LogP contribution < -0.4 is 10.6 Å². The molecule has 1 rings (SSSR count). The zero-order valence-corrected chi connectivity index (χ0v) is 8.34. The van der Waals surface area contributed by atoms with Gasteiger partial charge in [-0.2, -0.15) is 0 Å². The van der Waals surface area contributed by atoms with E-state index in [1.165, 1.54) is 6.07 Å². The quantitative estimate of drug-likeness (QED) is 0.568. The van der Waals surface area contributed by atoms with Crippen LogP contribution in [0.3, 0.4) is 0 Å². The number of anilines is 1. The van der Waals surface area contributed by atoms with E-state index in [1.54, 1.807) is 12.1 Å². The zero-order valence-electron chi connectivity index (χ0n) is 8.34. The molecule has 0 fully saturated rings. The Bertz CT molecular complexity index is 349. The van der Waals surface area contributed by atoms with Crippen molar-refractivity contribution in [2.75, 3.05) is 18.5 Å². The second kappa shape index (κ2) is 4.09. The molecule has 0 heterocycles. The van der Waals surface area contributed by atoms with E-state index in [9.17, 15) is 4.39 Å². The van der Waals surface area contributed by atoms with E-state index in [1.807, 2.05) is 18.9 Å². The number of nitrogens with one attached hydrogen (secondary N) is 1. The highest BCUT2D eigenvalue weighted by Gasteiger charge is 2.12. The van der Waals surface area contributed by atoms with Crippen LogP contribution in [0.2, 0.25) is 0 Å². The molecule has 4 heteroatoms. The Kier molecular flexibility index (Phi) is 3.06. The van der Waals surface area contributed by atoms with Crippen molar-refractivity contribution in [1.82, 2.24) is 0 Å². The zero-order chi connectivity index (χ0) is 10.7. The summed E-state index contributed by atoms with van der Waals surface area (Å²) in [5.41, 5.74) is 6.15. The summed E-state index contributed by atoms with van der Waals surface area (Å²) in [5, 5.41) is 7.30. The van der Waals surface area contributed by atoms with Gasteiger partial charge in [0.25, 0.3) is 0 Å². The Morgan fingerprint density at radius 1 is 1.57 bits per heavy atom. The normalized spacial score (nSPS) is 9.93. The fraction of sp³-hybridized carbons (Fsp3) is 0.300. The van der Waals surface area contributed by atoms with Gasteiger partial charge in [0.05, 0.1) is 11.3 Å². The molecule has 0 amide bonds. The summed E-state index contributed by atoms with van der Waals surface area (Å²) in [7, 11) is 1.83. The van der Waals surface area contributed by atoms with E-state index in [0.717, 1.165) is 6.54 Å². The predicted molar refractivity (Wildman–Crippen MR) is 56.4 cm³/mol. The Labute approximate surface area is 82.8 Å². The summed E-state index contributed by atoms with van der Waals surface area (Å²) in [5.74, 6) is -0.686. The molecule has 0 aromatic heterocycles. The molecule has 1 aromatic rings. The third-order valence-electron chi connectivity index (χ3n) is 2.15. The third kappa shape index (κ3) is 1.84. The summed E-state index contributed by atoms with van der Waals surface area (Å²) in [6, 6.07) is 4.68. The number of halogens is 1. The molecule has 3 N–H and O–H groups in total. The molecule has 0 saturated heterocycles. The van der Waals surface area contributed by atoms with Crippen LogP contribution in [0.15, 0.2) is 18.2 Å². The molecule has 0 unspecified atom stereocenters. The van der Waals surface area contributed by atoms with Crippen molar-refractivity contribution < 1.29 is 4.39 Å². The standard InChI is InChI=1S/C10H14FN3/c1-3-14(2)8-6-4-5-7(11)9(8)10(12)13/h4-6H,3H2,1-2H3,(H3,12,13). The predicted octanol–water partition coefficient (Wildman–Crippen LogP) is 1.57. The highest BCUT2D eigenvalue weighted by Crippen LogP contribution is 2.21. The molecule has 0 aliphatic rings. The van der Waals surface area contributed by atoms with Crippen molar-refractivity contribution in [3.8, 4) is 0 Å². The maximum absolute atomic E-state index is 13.4. The Hall–Kier alpha value is -1.58. The molecule has 0 aliphatic heterocycles. The van der Waals surface area contributed by atoms with Gasteiger partial charge in [-0.25, -0.2) is 4.39 Å². The maximum Gasteiger partial charge on any atom is 0.136 e. The largest absolute Gasteiger partial charge is 0.384 e. The van der Waals surface area contributed by atoms with Crippen LogP contribution in [0, 0.1) is 11.2 Å². The van der Waals surface area contributed by atoms with Crippen LogP contribution in [-0.2, 0) is 0 Å². The molecule has 0 aliphatic carbocycles. The number of nitrogens with zero attached hydrogens (tertiary/aromatic N) is 1. The summed E-state index contributed by atoms with van der Waals surface area (Å²) in [4.78, 5) is 1.85. The van der Waals surface area contributed by atoms with Crippen LogP contribution in [0.25, 0.3) is 0 Å². The van der Waals surface area contributed by atoms with Crippen LogP contribution in [0.5, 0.6) is 0 Å². The minimum Gasteiger partial charge on any atom is -0.384 e. The first-order valence-corrected chi connectivity index (χ1v) is 4.42. The highest BCUT2D eigenvalue weighted by molar-refractivity contribution is 6.00. The van der Waals surface area contributed by atoms with Crippen molar-refractivity contribution in [2.45, 2.75) is 6.92 Å². The van der Waals surface area contributed by atoms with E-state index in [-0.39, 0.29) is 11.4 Å². The number of amidine groups is 1. The molecule has 14 heavy (non-hydrogen) atoms. The van der Waals surface area contributed by atoms with Crippen LogP contribution in [-0.4, -0.2) is 19.4 Å². The summed E-state index contributed by atoms with van der Waals surface area (Å²) >= 11 is 0. The van der Waals surface area contributed by atoms with Gasteiger partial charge in [0, 0.05) is 13.6 Å². The molecular formula is C10H14FN3. The highest BCUT2D eigenvalue weighted by atomic mass is 19.1. The first-order chi connectivity index (χ1) is 6.57. The van der Waals surface area contributed by atoms with Gasteiger partial charge in [-0.15, -0.1) is 0 Å². The monoisotopic (exact) mass is 195 g/mol. The Balaban J connectivity index is 3.28. The lowest BCUT2D eigenvalue weighted by Crippen LogP contribution is -2.23. The summed E-state index contributed by atoms with van der Waals surface area (Å²) < 4.78 is 13.4. The molecule has 0 spiro atoms. The molecule has 1 aromatic carbocycles. The minimum atomic E-state index is -0.449. The van der Waals surface area contributed by atoms with Crippen LogP contribution in [0.4, 0.5) is 10.1 Å². The average molecular weight is 195 g/mol. The lowest BCUT2D eigenvalue weighted by molar-refractivity contribution is 0.624. The maximum atomic E-state index is 13.4. The smallest absolute Gasteiger partial charge is 0.136 e. The summed E-state index contributed by atoms with van der Waals surface area (Å²) in [6.07, 6.45) is 0. The Morgan fingerprint density at radius 3 is 2.71 bits per heavy atom. The van der Waals surface area contributed by atoms with Crippen molar-refractivity contribution in [3.63, 3.8) is 0 Å². The second-order valence-electron chi connectivity index (χ2n) is 3.06. The first kappa shape index (κ1) is 10.5. The van der Waals surface area contributed by atoms with Crippen molar-refractivity contribution in [2.24, 2.45) is 5.73 Å². The number of hydrogen-bond donors (Lipinski definition) is 2. The van der Waals surface area contributed by atoms with Crippen molar-refractivity contribution in [3.05, 3.63) is 29.6 Å². The number of rotatable bonds is 3. The molecule has 3 nitrogen and oxygen atoms in total. The number of benzene rings is 1. The molecular weight excluding hydrogens is 181 g/mol. The van der Waals surface area contributed by atoms with Gasteiger partial charge in [-0.05, 0) is 19.1 Å². The van der Waals surface area contributed by atoms with Gasteiger partial charge < -0.3 is 10.6 Å². The van der Waals surface area contributed by atoms with Gasteiger partial charge in [0.2, 0.25) is 0 Å². The topological polar surface area (TPSA) is 53.1 Å². The third-order valence-corrected chi connectivity index (χ3v) is 2.15. The number of nitrogen functional groups attached to an aromatic ring is 1. The lowest BCUT2D eigenvalue weighted by Gasteiger charge is -2.20. The second-order valence-corrected chi connectivity index (χ2v) is 3.06. The molecule has 0 saturated carbocycles. The molecule has 0 radical (unpaired) electrons. The number of nitrogens with two attached hydrogens (primary N) is 1. The van der Waals surface area contributed by atoms with Gasteiger partial charge in [0.1, 0.15) is 11.7 Å². The van der Waals surface area contributed by atoms with E-state index in [2.05, 4.69) is 0 Å². The summed E-state index contributed by atoms with van der Waals surface area (Å²) in [6.45, 7) is 2.69. The van der Waals surface area contributed by atoms with Gasteiger partial charge in [-0.3, -0.25) is 5.41 Å².